The van der Waals surface area contributed by atoms with Crippen LogP contribution in [0.25, 0.3) is 0 Å². The van der Waals surface area contributed by atoms with Crippen molar-refractivity contribution in [3.63, 3.8) is 0 Å². The van der Waals surface area contributed by atoms with Gasteiger partial charge in [0.1, 0.15) is 5.60 Å². The number of aromatic nitrogens is 3. The van der Waals surface area contributed by atoms with Gasteiger partial charge >= 0.3 is 23.6 Å². The molecule has 1 unspecified atom stereocenters. The minimum atomic E-state index is -4.43. The van der Waals surface area contributed by atoms with Crippen LogP contribution < -0.4 is 16.7 Å². The lowest BCUT2D eigenvalue weighted by atomic mass is 10.1. The van der Waals surface area contributed by atoms with E-state index in [-0.39, 0.29) is 5.95 Å². The number of H-pyrrole nitrogens is 1. The Balaban J connectivity index is 1.67. The molecule has 1 aromatic heterocycles. The number of anilines is 1. The van der Waals surface area contributed by atoms with E-state index in [0.29, 0.717) is 31.5 Å². The van der Waals surface area contributed by atoms with Gasteiger partial charge in [-0.25, -0.2) is 19.0 Å². The molecule has 186 valence electrons. The molecule has 0 radical (unpaired) electrons. The number of piperidine rings is 1. The summed E-state index contributed by atoms with van der Waals surface area (Å²) < 4.78 is 44.6. The summed E-state index contributed by atoms with van der Waals surface area (Å²) in [5, 5.41) is 2.84. The van der Waals surface area contributed by atoms with Crippen LogP contribution in [0.4, 0.5) is 23.9 Å². The molecule has 0 spiro atoms. The van der Waals surface area contributed by atoms with Gasteiger partial charge in [-0.2, -0.15) is 18.2 Å². The summed E-state index contributed by atoms with van der Waals surface area (Å²) in [7, 11) is 0. The SMILES string of the molecule is CC(Nc1nc(=O)n(C2CCN(C(=O)OC(C)(C)C)CC2)c(=O)[nH]1)c1ccc(C(F)(F)F)cc1. The Morgan fingerprint density at radius 2 is 1.74 bits per heavy atom. The molecule has 2 N–H and O–H groups in total. The molecule has 1 atom stereocenters. The number of likely N-dealkylation sites (tertiary alicyclic amines) is 1. The molecule has 9 nitrogen and oxygen atoms in total. The zero-order valence-electron chi connectivity index (χ0n) is 19.4. The number of aromatic amines is 1. The minimum Gasteiger partial charge on any atom is -0.444 e. The van der Waals surface area contributed by atoms with Crippen molar-refractivity contribution >= 4 is 12.0 Å². The largest absolute Gasteiger partial charge is 0.444 e. The first-order valence-corrected chi connectivity index (χ1v) is 10.9. The number of carbonyl (C=O) groups excluding carboxylic acids is 1. The molecular formula is C22H28F3N5O4. The number of nitrogens with one attached hydrogen (secondary N) is 2. The summed E-state index contributed by atoms with van der Waals surface area (Å²) in [6.45, 7) is 7.65. The number of nitrogens with zero attached hydrogens (tertiary/aromatic N) is 3. The number of hydrogen-bond acceptors (Lipinski definition) is 6. The lowest BCUT2D eigenvalue weighted by Crippen LogP contribution is -2.47. The predicted octanol–water partition coefficient (Wildman–Crippen LogP) is 3.70. The molecule has 0 aliphatic carbocycles. The Hall–Kier alpha value is -3.31. The normalized spacial score (nSPS) is 16.3. The average Bonchev–Trinajstić information content (AvgIpc) is 2.72. The van der Waals surface area contributed by atoms with Crippen LogP contribution in [0, 0.1) is 0 Å². The summed E-state index contributed by atoms with van der Waals surface area (Å²) in [5.41, 5.74) is -2.27. The topological polar surface area (TPSA) is 109 Å². The van der Waals surface area contributed by atoms with Crippen molar-refractivity contribution in [1.29, 1.82) is 0 Å². The fraction of sp³-hybridized carbons (Fsp3) is 0.545. The number of ether oxygens (including phenoxy) is 1. The monoisotopic (exact) mass is 483 g/mol. The standard InChI is InChI=1S/C22H28F3N5O4/c1-13(14-5-7-15(8-6-14)22(23,24)25)26-17-27-18(31)30(19(32)28-17)16-9-11-29(12-10-16)20(33)34-21(2,3)4/h5-8,13,16H,9-12H2,1-4H3,(H2,26,27,28,31,32). The first-order chi connectivity index (χ1) is 15.7. The van der Waals surface area contributed by atoms with Crippen molar-refractivity contribution < 1.29 is 22.7 Å². The van der Waals surface area contributed by atoms with Crippen molar-refractivity contribution in [2.45, 2.75) is 64.4 Å². The van der Waals surface area contributed by atoms with E-state index in [9.17, 15) is 27.6 Å². The first kappa shape index (κ1) is 25.3. The lowest BCUT2D eigenvalue weighted by Gasteiger charge is -2.33. The van der Waals surface area contributed by atoms with Gasteiger partial charge in [-0.15, -0.1) is 0 Å². The highest BCUT2D eigenvalue weighted by Gasteiger charge is 2.31. The molecule has 0 saturated carbocycles. The summed E-state index contributed by atoms with van der Waals surface area (Å²) in [4.78, 5) is 45.4. The fourth-order valence-electron chi connectivity index (χ4n) is 3.70. The van der Waals surface area contributed by atoms with Crippen LogP contribution in [-0.2, 0) is 10.9 Å². The minimum absolute atomic E-state index is 0.0789. The Morgan fingerprint density at radius 3 is 2.24 bits per heavy atom. The fourth-order valence-corrected chi connectivity index (χ4v) is 3.70. The summed E-state index contributed by atoms with van der Waals surface area (Å²) in [5.74, 6) is -0.0789. The van der Waals surface area contributed by atoms with Crippen LogP contribution in [-0.4, -0.2) is 44.2 Å². The van der Waals surface area contributed by atoms with E-state index >= 15 is 0 Å². The van der Waals surface area contributed by atoms with E-state index in [1.54, 1.807) is 27.7 Å². The highest BCUT2D eigenvalue weighted by molar-refractivity contribution is 5.68. The van der Waals surface area contributed by atoms with Crippen LogP contribution in [0.5, 0.6) is 0 Å². The van der Waals surface area contributed by atoms with Gasteiger partial charge in [0, 0.05) is 19.1 Å². The van der Waals surface area contributed by atoms with E-state index in [4.69, 9.17) is 4.74 Å². The Bertz CT molecular complexity index is 1100. The third-order valence-electron chi connectivity index (χ3n) is 5.43. The predicted molar refractivity (Wildman–Crippen MR) is 119 cm³/mol. The van der Waals surface area contributed by atoms with Crippen molar-refractivity contribution in [3.8, 4) is 0 Å². The number of hydrogen-bond donors (Lipinski definition) is 2. The van der Waals surface area contributed by atoms with Gasteiger partial charge in [-0.3, -0.25) is 4.98 Å². The van der Waals surface area contributed by atoms with Crippen LogP contribution in [0.1, 0.15) is 63.7 Å². The number of halogens is 3. The molecule has 12 heteroatoms. The summed E-state index contributed by atoms with van der Waals surface area (Å²) >= 11 is 0. The zero-order chi connectivity index (χ0) is 25.3. The van der Waals surface area contributed by atoms with Gasteiger partial charge in [0.25, 0.3) is 0 Å². The highest BCUT2D eigenvalue weighted by atomic mass is 19.4. The van der Waals surface area contributed by atoms with Crippen LogP contribution >= 0.6 is 0 Å². The van der Waals surface area contributed by atoms with Gasteiger partial charge in [-0.1, -0.05) is 12.1 Å². The third-order valence-corrected chi connectivity index (χ3v) is 5.43. The van der Waals surface area contributed by atoms with E-state index < -0.39 is 46.9 Å². The molecule has 1 saturated heterocycles. The molecular weight excluding hydrogens is 455 g/mol. The van der Waals surface area contributed by atoms with E-state index in [1.165, 1.54) is 17.0 Å². The molecule has 1 amide bonds. The molecule has 0 bridgehead atoms. The number of alkyl halides is 3. The van der Waals surface area contributed by atoms with Crippen molar-refractivity contribution in [2.75, 3.05) is 18.4 Å². The van der Waals surface area contributed by atoms with Crippen molar-refractivity contribution in [3.05, 3.63) is 56.4 Å². The molecule has 2 heterocycles. The average molecular weight is 483 g/mol. The number of amides is 1. The van der Waals surface area contributed by atoms with E-state index in [0.717, 1.165) is 16.7 Å². The Labute approximate surface area is 194 Å². The quantitative estimate of drug-likeness (QED) is 0.687. The van der Waals surface area contributed by atoms with Gasteiger partial charge < -0.3 is 15.0 Å². The van der Waals surface area contributed by atoms with Gasteiger partial charge in [0.05, 0.1) is 11.6 Å². The highest BCUT2D eigenvalue weighted by Crippen LogP contribution is 2.30. The summed E-state index contributed by atoms with van der Waals surface area (Å²) in [6.07, 6.45) is -4.10. The van der Waals surface area contributed by atoms with Gasteiger partial charge in [0.2, 0.25) is 5.95 Å². The number of benzene rings is 1. The molecule has 1 aliphatic heterocycles. The molecule has 1 aliphatic rings. The smallest absolute Gasteiger partial charge is 0.416 e. The van der Waals surface area contributed by atoms with E-state index in [1.807, 2.05) is 0 Å². The maximum atomic E-state index is 12.7. The number of rotatable bonds is 4. The van der Waals surface area contributed by atoms with Crippen molar-refractivity contribution in [1.82, 2.24) is 19.4 Å². The van der Waals surface area contributed by atoms with Crippen LogP contribution in [0.3, 0.4) is 0 Å². The van der Waals surface area contributed by atoms with Crippen LogP contribution in [0.2, 0.25) is 0 Å². The molecule has 1 fully saturated rings. The second-order valence-corrected chi connectivity index (χ2v) is 9.23. The number of carbonyl (C=O) groups is 1. The molecule has 2 aromatic rings. The zero-order valence-corrected chi connectivity index (χ0v) is 19.4. The van der Waals surface area contributed by atoms with Crippen LogP contribution in [0.15, 0.2) is 33.9 Å². The lowest BCUT2D eigenvalue weighted by molar-refractivity contribution is -0.137. The maximum Gasteiger partial charge on any atom is 0.416 e. The third kappa shape index (κ3) is 6.17. The van der Waals surface area contributed by atoms with Crippen molar-refractivity contribution in [2.24, 2.45) is 0 Å². The molecule has 1 aromatic carbocycles. The Kier molecular flexibility index (Phi) is 7.08. The molecule has 3 rings (SSSR count). The first-order valence-electron chi connectivity index (χ1n) is 10.9. The Morgan fingerprint density at radius 1 is 1.15 bits per heavy atom. The second kappa shape index (κ2) is 9.51. The van der Waals surface area contributed by atoms with Gasteiger partial charge in [-0.05, 0) is 58.2 Å². The second-order valence-electron chi connectivity index (χ2n) is 9.23. The maximum absolute atomic E-state index is 12.7. The van der Waals surface area contributed by atoms with Gasteiger partial charge in [0.15, 0.2) is 0 Å². The van der Waals surface area contributed by atoms with E-state index in [2.05, 4.69) is 15.3 Å². The molecule has 34 heavy (non-hydrogen) atoms. The summed E-state index contributed by atoms with van der Waals surface area (Å²) in [6, 6.07) is 3.62.